The van der Waals surface area contributed by atoms with Crippen molar-refractivity contribution < 1.29 is 13.2 Å². The lowest BCUT2D eigenvalue weighted by molar-refractivity contribution is 0.322. The second-order valence-electron chi connectivity index (χ2n) is 7.57. The minimum absolute atomic E-state index is 0.209. The van der Waals surface area contributed by atoms with Gasteiger partial charge in [0.05, 0.1) is 0 Å². The third-order valence-corrected chi connectivity index (χ3v) is 8.91. The van der Waals surface area contributed by atoms with E-state index in [1.54, 1.807) is 23.6 Å². The Morgan fingerprint density at radius 1 is 1.13 bits per heavy atom. The van der Waals surface area contributed by atoms with Gasteiger partial charge in [-0.05, 0) is 84.0 Å². The maximum absolute atomic E-state index is 12.2. The fourth-order valence-electron chi connectivity index (χ4n) is 3.96. The molecule has 1 aromatic heterocycles. The van der Waals surface area contributed by atoms with Crippen molar-refractivity contribution in [3.05, 3.63) is 80.6 Å². The van der Waals surface area contributed by atoms with Crippen LogP contribution in [-0.2, 0) is 22.9 Å². The minimum atomic E-state index is -3.47. The van der Waals surface area contributed by atoms with Gasteiger partial charge in [0.25, 0.3) is 0 Å². The number of nitrogens with one attached hydrogen (secondary N) is 1. The molecule has 2 aromatic carbocycles. The summed E-state index contributed by atoms with van der Waals surface area (Å²) in [5.41, 5.74) is 3.72. The van der Waals surface area contributed by atoms with Crippen LogP contribution in [0.3, 0.4) is 0 Å². The van der Waals surface area contributed by atoms with Crippen LogP contribution in [0.5, 0.6) is 5.75 Å². The molecular formula is C23H23Cl2NO3S2. The normalized spacial score (nSPS) is 16.1. The molecule has 1 aliphatic rings. The molecule has 1 aliphatic carbocycles. The average molecular weight is 496 g/mol. The molecule has 0 aliphatic heterocycles. The lowest BCUT2D eigenvalue weighted by atomic mass is 9.79. The van der Waals surface area contributed by atoms with Crippen LogP contribution >= 0.6 is 34.5 Å². The fraction of sp³-hybridized carbons (Fsp3) is 0.304. The van der Waals surface area contributed by atoms with E-state index in [2.05, 4.69) is 16.9 Å². The van der Waals surface area contributed by atoms with Crippen LogP contribution in [0.1, 0.15) is 35.4 Å². The number of halogens is 2. The summed E-state index contributed by atoms with van der Waals surface area (Å²) in [7, 11) is -3.47. The number of aryl methyl sites for hydroxylation is 1. The van der Waals surface area contributed by atoms with Crippen LogP contribution in [0.15, 0.2) is 58.1 Å². The molecule has 4 rings (SSSR count). The molecule has 1 N–H and O–H groups in total. The van der Waals surface area contributed by atoms with E-state index >= 15 is 0 Å². The van der Waals surface area contributed by atoms with Crippen molar-refractivity contribution in [1.29, 1.82) is 0 Å². The summed E-state index contributed by atoms with van der Waals surface area (Å²) in [5, 5.41) is 3.08. The summed E-state index contributed by atoms with van der Waals surface area (Å²) >= 11 is 13.6. The van der Waals surface area contributed by atoms with Crippen molar-refractivity contribution in [3.63, 3.8) is 0 Å². The molecule has 1 atom stereocenters. The topological polar surface area (TPSA) is 55.4 Å². The Labute approximate surface area is 197 Å². The molecule has 164 valence electrons. The zero-order valence-corrected chi connectivity index (χ0v) is 20.0. The predicted molar refractivity (Wildman–Crippen MR) is 127 cm³/mol. The Balaban J connectivity index is 1.40. The highest BCUT2D eigenvalue weighted by molar-refractivity contribution is 7.91. The number of rotatable bonds is 8. The van der Waals surface area contributed by atoms with Crippen molar-refractivity contribution in [2.24, 2.45) is 0 Å². The molecule has 0 amide bonds. The minimum Gasteiger partial charge on any atom is -0.492 e. The lowest BCUT2D eigenvalue weighted by Crippen LogP contribution is -2.27. The van der Waals surface area contributed by atoms with E-state index in [1.807, 2.05) is 18.2 Å². The van der Waals surface area contributed by atoms with Crippen LogP contribution in [0.4, 0.5) is 0 Å². The van der Waals surface area contributed by atoms with Gasteiger partial charge in [-0.15, -0.1) is 11.3 Å². The van der Waals surface area contributed by atoms with Gasteiger partial charge in [-0.25, -0.2) is 13.1 Å². The molecule has 0 saturated carbocycles. The van der Waals surface area contributed by atoms with E-state index in [-0.39, 0.29) is 13.2 Å². The van der Waals surface area contributed by atoms with Gasteiger partial charge in [-0.2, -0.15) is 0 Å². The van der Waals surface area contributed by atoms with Gasteiger partial charge in [0, 0.05) is 16.6 Å². The summed E-state index contributed by atoms with van der Waals surface area (Å²) in [6.07, 6.45) is 4.15. The first-order chi connectivity index (χ1) is 14.9. The monoisotopic (exact) mass is 495 g/mol. The van der Waals surface area contributed by atoms with Crippen molar-refractivity contribution in [3.8, 4) is 5.75 Å². The van der Waals surface area contributed by atoms with Gasteiger partial charge in [0.1, 0.15) is 16.6 Å². The third-order valence-electron chi connectivity index (χ3n) is 5.46. The van der Waals surface area contributed by atoms with E-state index < -0.39 is 10.0 Å². The van der Waals surface area contributed by atoms with E-state index in [0.29, 0.717) is 20.2 Å². The van der Waals surface area contributed by atoms with Crippen LogP contribution in [0, 0.1) is 0 Å². The zero-order valence-electron chi connectivity index (χ0n) is 16.8. The first-order valence-corrected chi connectivity index (χ1v) is 13.3. The highest BCUT2D eigenvalue weighted by Crippen LogP contribution is 2.37. The van der Waals surface area contributed by atoms with Crippen LogP contribution in [0.25, 0.3) is 0 Å². The molecule has 31 heavy (non-hydrogen) atoms. The summed E-state index contributed by atoms with van der Waals surface area (Å²) in [6.45, 7) is 0.470. The molecule has 0 spiro atoms. The summed E-state index contributed by atoms with van der Waals surface area (Å²) in [4.78, 5) is 0. The summed E-state index contributed by atoms with van der Waals surface area (Å²) < 4.78 is 33.1. The average Bonchev–Trinajstić information content (AvgIpc) is 3.29. The molecule has 0 radical (unpaired) electrons. The quantitative estimate of drug-likeness (QED) is 0.385. The lowest BCUT2D eigenvalue weighted by Gasteiger charge is -2.26. The van der Waals surface area contributed by atoms with Crippen LogP contribution in [0.2, 0.25) is 10.0 Å². The van der Waals surface area contributed by atoms with E-state index in [0.717, 1.165) is 37.0 Å². The summed E-state index contributed by atoms with van der Waals surface area (Å²) in [5.74, 6) is 1.12. The number of fused-ring (bicyclic) bond motifs is 1. The first kappa shape index (κ1) is 22.6. The van der Waals surface area contributed by atoms with Crippen molar-refractivity contribution in [1.82, 2.24) is 4.72 Å². The zero-order chi connectivity index (χ0) is 21.8. The number of ether oxygens (including phenoxy) is 1. The van der Waals surface area contributed by atoms with E-state index in [1.165, 1.54) is 22.5 Å². The molecule has 1 heterocycles. The maximum Gasteiger partial charge on any atom is 0.250 e. The maximum atomic E-state index is 12.2. The SMILES string of the molecule is O=S(=O)(NCCOc1ccc2c(c1)C(Cc1ccc(Cl)cc1Cl)CCC2)c1cccs1. The van der Waals surface area contributed by atoms with E-state index in [9.17, 15) is 8.42 Å². The van der Waals surface area contributed by atoms with Crippen molar-refractivity contribution in [2.75, 3.05) is 13.2 Å². The van der Waals surface area contributed by atoms with Crippen molar-refractivity contribution >= 4 is 44.6 Å². The number of benzene rings is 2. The Morgan fingerprint density at radius 2 is 2.00 bits per heavy atom. The third kappa shape index (κ3) is 5.62. The van der Waals surface area contributed by atoms with Crippen molar-refractivity contribution in [2.45, 2.75) is 35.8 Å². The number of thiophene rings is 1. The van der Waals surface area contributed by atoms with Crippen LogP contribution < -0.4 is 9.46 Å². The Hall–Kier alpha value is -1.57. The second-order valence-corrected chi connectivity index (χ2v) is 11.4. The molecule has 8 heteroatoms. The van der Waals surface area contributed by atoms with Gasteiger partial charge in [0.2, 0.25) is 10.0 Å². The van der Waals surface area contributed by atoms with Gasteiger partial charge in [-0.3, -0.25) is 0 Å². The molecule has 3 aromatic rings. The van der Waals surface area contributed by atoms with Gasteiger partial charge in [-0.1, -0.05) is 41.4 Å². The molecule has 0 saturated heterocycles. The number of hydrogen-bond acceptors (Lipinski definition) is 4. The Morgan fingerprint density at radius 3 is 2.77 bits per heavy atom. The molecule has 4 nitrogen and oxygen atoms in total. The first-order valence-electron chi connectivity index (χ1n) is 10.1. The second kappa shape index (κ2) is 9.92. The fourth-order valence-corrected chi connectivity index (χ4v) is 6.50. The predicted octanol–water partition coefficient (Wildman–Crippen LogP) is 6.07. The highest BCUT2D eigenvalue weighted by Gasteiger charge is 2.22. The van der Waals surface area contributed by atoms with Crippen LogP contribution in [-0.4, -0.2) is 21.6 Å². The standard InChI is InChI=1S/C23H23Cl2NO3S2/c24-19-8-6-18(22(25)14-19)13-17-4-1-3-16-7-9-20(15-21(16)17)29-11-10-26-31(27,28)23-5-2-12-30-23/h2,5-9,12,14-15,17,26H,1,3-4,10-11,13H2. The molecular weight excluding hydrogens is 473 g/mol. The number of hydrogen-bond donors (Lipinski definition) is 1. The van der Waals surface area contributed by atoms with Gasteiger partial charge >= 0.3 is 0 Å². The smallest absolute Gasteiger partial charge is 0.250 e. The molecule has 1 unspecified atom stereocenters. The molecule has 0 fully saturated rings. The van der Waals surface area contributed by atoms with E-state index in [4.69, 9.17) is 27.9 Å². The highest BCUT2D eigenvalue weighted by atomic mass is 35.5. The van der Waals surface area contributed by atoms with Gasteiger partial charge < -0.3 is 4.74 Å². The Kier molecular flexibility index (Phi) is 7.24. The number of sulfonamides is 1. The summed E-state index contributed by atoms with van der Waals surface area (Å²) in [6, 6.07) is 15.2. The Bertz CT molecular complexity index is 1150. The molecule has 0 bridgehead atoms. The van der Waals surface area contributed by atoms with Gasteiger partial charge in [0.15, 0.2) is 0 Å². The largest absolute Gasteiger partial charge is 0.492 e.